The minimum atomic E-state index is -0.616. The van der Waals surface area contributed by atoms with Gasteiger partial charge in [-0.2, -0.15) is 0 Å². The van der Waals surface area contributed by atoms with E-state index in [9.17, 15) is 9.90 Å². The van der Waals surface area contributed by atoms with Crippen molar-refractivity contribution < 1.29 is 19.4 Å². The summed E-state index contributed by atoms with van der Waals surface area (Å²) in [6, 6.07) is 0. The number of methoxy groups -OCH3 is 2. The van der Waals surface area contributed by atoms with Crippen LogP contribution in [0.5, 0.6) is 11.5 Å². The molecule has 0 saturated carbocycles. The molecule has 0 unspecified atom stereocenters. The SMILES string of the molecule is COC1=C(C(C)(C)C)C(=O)C(C(C)(C)C)=C2C1=Cc1c(OC)c(C(C)(C)C)c(O)c(C(C)(C)C)c1C2(C)C. The monoisotopic (exact) mass is 522 g/mol. The molecule has 0 spiro atoms. The summed E-state index contributed by atoms with van der Waals surface area (Å²) in [6.45, 7) is 29.6. The first-order chi connectivity index (χ1) is 16.9. The molecule has 3 rings (SSSR count). The first kappa shape index (κ1) is 30.1. The Labute approximate surface area is 231 Å². The summed E-state index contributed by atoms with van der Waals surface area (Å²) < 4.78 is 12.2. The van der Waals surface area contributed by atoms with Gasteiger partial charge in [-0.15, -0.1) is 0 Å². The van der Waals surface area contributed by atoms with E-state index < -0.39 is 16.2 Å². The van der Waals surface area contributed by atoms with Crippen molar-refractivity contribution in [3.05, 3.63) is 50.3 Å². The topological polar surface area (TPSA) is 55.8 Å². The Bertz CT molecular complexity index is 1280. The summed E-state index contributed by atoms with van der Waals surface area (Å²) in [5.74, 6) is 1.64. The Morgan fingerprint density at radius 1 is 0.711 bits per heavy atom. The molecule has 1 aromatic rings. The second-order valence-corrected chi connectivity index (χ2v) is 15.6. The van der Waals surface area contributed by atoms with Crippen LogP contribution in [0.2, 0.25) is 0 Å². The summed E-state index contributed by atoms with van der Waals surface area (Å²) >= 11 is 0. The lowest BCUT2D eigenvalue weighted by Gasteiger charge is -2.47. The lowest BCUT2D eigenvalue weighted by molar-refractivity contribution is -0.114. The fourth-order valence-electron chi connectivity index (χ4n) is 6.55. The highest BCUT2D eigenvalue weighted by Crippen LogP contribution is 2.60. The molecule has 2 aliphatic rings. The van der Waals surface area contributed by atoms with Crippen molar-refractivity contribution in [3.8, 4) is 11.5 Å². The highest BCUT2D eigenvalue weighted by molar-refractivity contribution is 6.14. The van der Waals surface area contributed by atoms with Gasteiger partial charge in [-0.1, -0.05) is 96.9 Å². The van der Waals surface area contributed by atoms with Gasteiger partial charge >= 0.3 is 0 Å². The predicted molar refractivity (Wildman–Crippen MR) is 158 cm³/mol. The molecule has 0 atom stereocenters. The lowest BCUT2D eigenvalue weighted by Crippen LogP contribution is -2.40. The van der Waals surface area contributed by atoms with Crippen LogP contribution in [-0.2, 0) is 25.8 Å². The van der Waals surface area contributed by atoms with E-state index in [4.69, 9.17) is 9.47 Å². The van der Waals surface area contributed by atoms with Crippen LogP contribution >= 0.6 is 0 Å². The minimum Gasteiger partial charge on any atom is -0.507 e. The Balaban J connectivity index is 2.77. The number of ketones is 1. The zero-order chi connectivity index (χ0) is 29.5. The number of fused-ring (bicyclic) bond motifs is 2. The van der Waals surface area contributed by atoms with Crippen LogP contribution in [0, 0.1) is 10.8 Å². The van der Waals surface area contributed by atoms with Crippen LogP contribution in [0.3, 0.4) is 0 Å². The van der Waals surface area contributed by atoms with E-state index in [2.05, 4.69) is 103 Å². The van der Waals surface area contributed by atoms with Crippen molar-refractivity contribution in [3.63, 3.8) is 0 Å². The maximum atomic E-state index is 14.4. The molecular weight excluding hydrogens is 472 g/mol. The Morgan fingerprint density at radius 3 is 1.55 bits per heavy atom. The predicted octanol–water partition coefficient (Wildman–Crippen LogP) is 8.54. The molecular formula is C34H50O4. The van der Waals surface area contributed by atoms with Crippen LogP contribution in [0.4, 0.5) is 0 Å². The highest BCUT2D eigenvalue weighted by Gasteiger charge is 2.51. The van der Waals surface area contributed by atoms with Crippen LogP contribution in [0.1, 0.15) is 119 Å². The molecule has 38 heavy (non-hydrogen) atoms. The number of Topliss-reactive ketones (excluding diaryl/α,β-unsaturated/α-hetero) is 1. The van der Waals surface area contributed by atoms with E-state index in [-0.39, 0.29) is 22.4 Å². The number of aromatic hydroxyl groups is 1. The molecule has 0 bridgehead atoms. The number of hydrogen-bond donors (Lipinski definition) is 1. The maximum absolute atomic E-state index is 14.4. The zero-order valence-electron chi connectivity index (χ0n) is 26.7. The second kappa shape index (κ2) is 8.76. The summed E-state index contributed by atoms with van der Waals surface area (Å²) in [6.07, 6.45) is 2.15. The number of carbonyl (C=O) groups excluding carboxylic acids is 1. The Hall–Kier alpha value is -2.49. The lowest BCUT2D eigenvalue weighted by atomic mass is 9.57. The van der Waals surface area contributed by atoms with Crippen molar-refractivity contribution in [2.45, 2.75) is 113 Å². The average molecular weight is 523 g/mol. The molecule has 2 aliphatic carbocycles. The fourth-order valence-corrected chi connectivity index (χ4v) is 6.55. The molecule has 0 saturated heterocycles. The molecule has 0 radical (unpaired) electrons. The smallest absolute Gasteiger partial charge is 0.190 e. The first-order valence-electron chi connectivity index (χ1n) is 13.7. The zero-order valence-corrected chi connectivity index (χ0v) is 26.7. The van der Waals surface area contributed by atoms with Gasteiger partial charge < -0.3 is 14.6 Å². The van der Waals surface area contributed by atoms with Gasteiger partial charge in [0.25, 0.3) is 0 Å². The number of phenolic OH excluding ortho intramolecular Hbond substituents is 1. The molecule has 4 nitrogen and oxygen atoms in total. The maximum Gasteiger partial charge on any atom is 0.190 e. The summed E-state index contributed by atoms with van der Waals surface area (Å²) in [7, 11) is 3.34. The standard InChI is InChI=1S/C34H50O4/c1-30(2,3)22-20-18(28(37-15)24(26(22)35)32(7,8)9)17-19-21(34(20,13)14)23(31(4,5)6)27(36)25(29(19)38-16)33(10,11)12/h17,35H,1-16H3. The summed E-state index contributed by atoms with van der Waals surface area (Å²) in [5, 5.41) is 12.0. The van der Waals surface area contributed by atoms with Crippen molar-refractivity contribution in [1.82, 2.24) is 0 Å². The molecule has 0 aliphatic heterocycles. The number of carbonyl (C=O) groups is 1. The normalized spacial score (nSPS) is 18.3. The van der Waals surface area contributed by atoms with Crippen LogP contribution in [-0.4, -0.2) is 25.1 Å². The largest absolute Gasteiger partial charge is 0.507 e. The number of phenols is 1. The van der Waals surface area contributed by atoms with E-state index in [0.717, 1.165) is 39.0 Å². The quantitative estimate of drug-likeness (QED) is 0.423. The van der Waals surface area contributed by atoms with Crippen molar-refractivity contribution in [2.24, 2.45) is 10.8 Å². The number of allylic oxidation sites excluding steroid dienone is 3. The Kier molecular flexibility index (Phi) is 6.93. The number of rotatable bonds is 2. The number of hydrogen-bond acceptors (Lipinski definition) is 4. The molecule has 210 valence electrons. The van der Waals surface area contributed by atoms with Crippen molar-refractivity contribution >= 4 is 11.9 Å². The van der Waals surface area contributed by atoms with Gasteiger partial charge in [0.2, 0.25) is 0 Å². The number of benzene rings is 1. The van der Waals surface area contributed by atoms with Crippen molar-refractivity contribution in [1.29, 1.82) is 0 Å². The molecule has 0 heterocycles. The first-order valence-corrected chi connectivity index (χ1v) is 13.7. The third-order valence-electron chi connectivity index (χ3n) is 7.86. The van der Waals surface area contributed by atoms with Crippen molar-refractivity contribution in [2.75, 3.05) is 14.2 Å². The van der Waals surface area contributed by atoms with E-state index >= 15 is 0 Å². The second-order valence-electron chi connectivity index (χ2n) is 15.6. The van der Waals surface area contributed by atoms with E-state index in [1.807, 2.05) is 0 Å². The molecule has 1 N–H and O–H groups in total. The van der Waals surface area contributed by atoms with Gasteiger partial charge in [0.1, 0.15) is 17.3 Å². The van der Waals surface area contributed by atoms with E-state index in [1.54, 1.807) is 14.2 Å². The highest BCUT2D eigenvalue weighted by atomic mass is 16.5. The van der Waals surface area contributed by atoms with Gasteiger partial charge in [-0.05, 0) is 38.9 Å². The molecule has 4 heteroatoms. The van der Waals surface area contributed by atoms with Crippen LogP contribution in [0.15, 0.2) is 28.1 Å². The van der Waals surface area contributed by atoms with E-state index in [1.165, 1.54) is 0 Å². The molecule has 0 amide bonds. The molecule has 0 aromatic heterocycles. The van der Waals surface area contributed by atoms with Gasteiger partial charge in [0.05, 0.1) is 14.2 Å². The van der Waals surface area contributed by atoms with Gasteiger partial charge in [0, 0.05) is 38.8 Å². The molecule has 0 fully saturated rings. The fraction of sp³-hybridized carbons (Fsp3) is 0.618. The van der Waals surface area contributed by atoms with Crippen LogP contribution < -0.4 is 4.74 Å². The third-order valence-corrected chi connectivity index (χ3v) is 7.86. The molecule has 1 aromatic carbocycles. The summed E-state index contributed by atoms with van der Waals surface area (Å²) in [4.78, 5) is 14.4. The van der Waals surface area contributed by atoms with E-state index in [0.29, 0.717) is 17.1 Å². The third kappa shape index (κ3) is 4.42. The van der Waals surface area contributed by atoms with Gasteiger partial charge in [0.15, 0.2) is 5.78 Å². The number of ether oxygens (including phenoxy) is 2. The Morgan fingerprint density at radius 2 is 1.18 bits per heavy atom. The summed E-state index contributed by atoms with van der Waals surface area (Å²) in [5.41, 5.74) is 4.91. The average Bonchev–Trinajstić information content (AvgIpc) is 2.69. The van der Waals surface area contributed by atoms with Gasteiger partial charge in [-0.3, -0.25) is 4.79 Å². The van der Waals surface area contributed by atoms with Crippen LogP contribution in [0.25, 0.3) is 6.08 Å². The minimum absolute atomic E-state index is 0.0466. The van der Waals surface area contributed by atoms with Gasteiger partial charge in [-0.25, -0.2) is 0 Å².